The molecular weight excluding hydrogens is 920 g/mol. The molecule has 0 fully saturated rings. The van der Waals surface area contributed by atoms with Crippen LogP contribution in [-0.4, -0.2) is 126 Å². The molecule has 0 bridgehead atoms. The lowest BCUT2D eigenvalue weighted by Crippen LogP contribution is -2.58. The highest BCUT2D eigenvalue weighted by Crippen LogP contribution is 2.20. The van der Waals surface area contributed by atoms with Gasteiger partial charge in [-0.05, 0) is 66.4 Å². The van der Waals surface area contributed by atoms with E-state index in [0.717, 1.165) is 24.3 Å². The fourth-order valence-corrected chi connectivity index (χ4v) is 7.85. The second-order valence-electron chi connectivity index (χ2n) is 15.1. The van der Waals surface area contributed by atoms with Gasteiger partial charge >= 0.3 is 17.9 Å². The molecule has 5 atom stereocenters. The minimum absolute atomic E-state index is 0.185. The summed E-state index contributed by atoms with van der Waals surface area (Å²) in [6, 6.07) is 8.29. The first kappa shape index (κ1) is 52.7. The molecule has 12 N–H and O–H groups in total. The van der Waals surface area contributed by atoms with Crippen LogP contribution in [0.5, 0.6) is 5.75 Å². The molecular formula is C43H49FN8O15S. The van der Waals surface area contributed by atoms with Gasteiger partial charge in [-0.25, -0.2) is 12.8 Å². The van der Waals surface area contributed by atoms with Gasteiger partial charge in [0, 0.05) is 42.8 Å². The Labute approximate surface area is 386 Å². The summed E-state index contributed by atoms with van der Waals surface area (Å²) in [5.41, 5.74) is 6.81. The number of halogens is 1. The molecule has 1 heterocycles. The number of methoxy groups -OCH3 is 1. The predicted octanol–water partition coefficient (Wildman–Crippen LogP) is -0.807. The third kappa shape index (κ3) is 16.2. The van der Waals surface area contributed by atoms with Crippen molar-refractivity contribution in [3.8, 4) is 5.75 Å². The molecule has 0 radical (unpaired) electrons. The summed E-state index contributed by atoms with van der Waals surface area (Å²) < 4.78 is 47.5. The monoisotopic (exact) mass is 968 g/mol. The zero-order valence-corrected chi connectivity index (χ0v) is 37.0. The maximum absolute atomic E-state index is 14.3. The minimum Gasteiger partial charge on any atom is -0.497 e. The van der Waals surface area contributed by atoms with Crippen LogP contribution >= 0.6 is 0 Å². The van der Waals surface area contributed by atoms with Crippen LogP contribution in [0.3, 0.4) is 0 Å². The van der Waals surface area contributed by atoms with E-state index >= 15 is 0 Å². The number of nitrogens with two attached hydrogens (primary N) is 1. The first-order chi connectivity index (χ1) is 32.1. The third-order valence-corrected chi connectivity index (χ3v) is 11.6. The fourth-order valence-electron chi connectivity index (χ4n) is 6.65. The number of H-pyrrole nitrogens is 1. The summed E-state index contributed by atoms with van der Waals surface area (Å²) in [6.45, 7) is -0.947. The number of nitrogens with one attached hydrogen (secondary N) is 7. The van der Waals surface area contributed by atoms with Gasteiger partial charge in [0.2, 0.25) is 45.5 Å². The number of carbonyl (C=O) groups is 9. The summed E-state index contributed by atoms with van der Waals surface area (Å²) in [6.07, 6.45) is -2.47. The number of benzene rings is 3. The standard InChI is InChI=1S/C43H49FN8O15S/c1-67-26-9-11-27(12-10-26)68(65,66)52-34(20-38(58)59)43(64)50-31(14-16-37(56)57)40(61)47-22-35(53)48-32(18-23-5-4-6-25(44)17-23)41(62)51-33(19-24-21-46-29-8-3-2-7-28(24)29)42(63)49-30(39(45)60)13-15-36(54)55/h2-12,17,21,30-34,46,52H,13-16,18-20,22H2,1H3,(H2,45,60)(H,47,61)(H,48,53)(H,49,63)(H,50,64)(H,51,62)(H,54,55)(H,56,57)(H,58,59)/t30-,31-,32-,33-,34+/m0/s1. The van der Waals surface area contributed by atoms with Gasteiger partial charge in [0.15, 0.2) is 0 Å². The second-order valence-corrected chi connectivity index (χ2v) is 16.8. The van der Waals surface area contributed by atoms with Crippen LogP contribution in [-0.2, 0) is 66.0 Å². The molecule has 0 saturated carbocycles. The summed E-state index contributed by atoms with van der Waals surface area (Å²) in [4.78, 5) is 117. The molecule has 364 valence electrons. The van der Waals surface area contributed by atoms with Crippen molar-refractivity contribution in [3.63, 3.8) is 0 Å². The summed E-state index contributed by atoms with van der Waals surface area (Å²) in [7, 11) is -3.23. The first-order valence-corrected chi connectivity index (χ1v) is 22.0. The quantitative estimate of drug-likeness (QED) is 0.0348. The topological polar surface area (TPSA) is 372 Å². The number of ether oxygens (including phenoxy) is 1. The molecule has 0 saturated heterocycles. The lowest BCUT2D eigenvalue weighted by atomic mass is 10.0. The number of aromatic amines is 1. The summed E-state index contributed by atoms with van der Waals surface area (Å²) in [5, 5.41) is 40.2. The lowest BCUT2D eigenvalue weighted by molar-refractivity contribution is -0.140. The van der Waals surface area contributed by atoms with Crippen molar-refractivity contribution in [2.75, 3.05) is 13.7 Å². The Kier molecular flexibility index (Phi) is 19.0. The SMILES string of the molecule is COc1ccc(S(=O)(=O)N[C@H](CC(=O)O)C(=O)N[C@@H](CCC(=O)O)C(=O)NCC(=O)N[C@@H](Cc2cccc(F)c2)C(=O)N[C@@H](Cc2c[nH]c3ccccc23)C(=O)N[C@@H](CCC(=O)O)C(N)=O)cc1. The Morgan fingerprint density at radius 3 is 1.88 bits per heavy atom. The molecule has 0 aliphatic heterocycles. The molecule has 1 aromatic heterocycles. The molecule has 23 nitrogen and oxygen atoms in total. The molecule has 3 aromatic carbocycles. The van der Waals surface area contributed by atoms with Crippen molar-refractivity contribution in [1.29, 1.82) is 0 Å². The molecule has 4 aromatic rings. The maximum Gasteiger partial charge on any atom is 0.305 e. The molecule has 0 unspecified atom stereocenters. The first-order valence-electron chi connectivity index (χ1n) is 20.5. The summed E-state index contributed by atoms with van der Waals surface area (Å²) >= 11 is 0. The van der Waals surface area contributed by atoms with E-state index in [2.05, 4.69) is 31.6 Å². The Morgan fingerprint density at radius 2 is 1.28 bits per heavy atom. The minimum atomic E-state index is -4.56. The van der Waals surface area contributed by atoms with Crippen LogP contribution in [0.2, 0.25) is 0 Å². The van der Waals surface area contributed by atoms with Crippen LogP contribution in [0.25, 0.3) is 10.9 Å². The molecule has 0 aliphatic carbocycles. The van der Waals surface area contributed by atoms with E-state index in [4.69, 9.17) is 15.6 Å². The number of hydrogen-bond acceptors (Lipinski definition) is 12. The fraction of sp³-hybridized carbons (Fsp3) is 0.326. The van der Waals surface area contributed by atoms with Crippen LogP contribution in [0.1, 0.15) is 43.2 Å². The van der Waals surface area contributed by atoms with Gasteiger partial charge in [-0.1, -0.05) is 30.3 Å². The number of fused-ring (bicyclic) bond motifs is 1. The van der Waals surface area contributed by atoms with Gasteiger partial charge in [-0.15, -0.1) is 0 Å². The molecule has 6 amide bonds. The molecule has 4 rings (SSSR count). The Morgan fingerprint density at radius 1 is 0.691 bits per heavy atom. The van der Waals surface area contributed by atoms with E-state index in [0.29, 0.717) is 16.5 Å². The van der Waals surface area contributed by atoms with E-state index < -0.39 is 138 Å². The zero-order chi connectivity index (χ0) is 50.1. The number of aliphatic carboxylic acids is 3. The van der Waals surface area contributed by atoms with Gasteiger partial charge in [-0.3, -0.25) is 43.2 Å². The smallest absolute Gasteiger partial charge is 0.305 e. The van der Waals surface area contributed by atoms with Crippen LogP contribution < -0.4 is 41.8 Å². The van der Waals surface area contributed by atoms with E-state index in [-0.39, 0.29) is 29.1 Å². The number of carbonyl (C=O) groups excluding carboxylic acids is 6. The number of rotatable bonds is 27. The number of amides is 6. The van der Waals surface area contributed by atoms with Crippen molar-refractivity contribution < 1.29 is 76.0 Å². The highest BCUT2D eigenvalue weighted by atomic mass is 32.2. The van der Waals surface area contributed by atoms with Crippen molar-refractivity contribution >= 4 is 74.3 Å². The van der Waals surface area contributed by atoms with Gasteiger partial charge in [0.1, 0.15) is 41.8 Å². The number of aromatic nitrogens is 1. The molecule has 0 spiro atoms. The van der Waals surface area contributed by atoms with Crippen molar-refractivity contribution in [2.24, 2.45) is 5.73 Å². The Balaban J connectivity index is 1.55. The summed E-state index contributed by atoms with van der Waals surface area (Å²) in [5.74, 6) is -11.4. The van der Waals surface area contributed by atoms with Gasteiger partial charge < -0.3 is 57.4 Å². The number of hydrogen-bond donors (Lipinski definition) is 11. The van der Waals surface area contributed by atoms with Crippen LogP contribution in [0.4, 0.5) is 4.39 Å². The van der Waals surface area contributed by atoms with E-state index in [9.17, 15) is 66.2 Å². The molecule has 25 heteroatoms. The number of sulfonamides is 1. The maximum atomic E-state index is 14.3. The number of para-hydroxylation sites is 1. The Bertz CT molecular complexity index is 2630. The average molecular weight is 969 g/mol. The highest BCUT2D eigenvalue weighted by Gasteiger charge is 2.33. The van der Waals surface area contributed by atoms with E-state index in [1.54, 1.807) is 30.5 Å². The largest absolute Gasteiger partial charge is 0.497 e. The van der Waals surface area contributed by atoms with Crippen molar-refractivity contribution in [1.82, 2.24) is 36.3 Å². The average Bonchev–Trinajstić information content (AvgIpc) is 3.69. The highest BCUT2D eigenvalue weighted by molar-refractivity contribution is 7.89. The number of carboxylic acid groups (broad SMARTS) is 3. The lowest BCUT2D eigenvalue weighted by Gasteiger charge is -2.25. The van der Waals surface area contributed by atoms with Crippen LogP contribution in [0, 0.1) is 5.82 Å². The number of primary amides is 1. The van der Waals surface area contributed by atoms with Gasteiger partial charge in [0.25, 0.3) is 0 Å². The molecule has 0 aliphatic rings. The van der Waals surface area contributed by atoms with E-state index in [1.807, 2.05) is 4.72 Å². The van der Waals surface area contributed by atoms with E-state index in [1.165, 1.54) is 31.4 Å². The second kappa shape index (κ2) is 24.6. The molecule has 68 heavy (non-hydrogen) atoms. The van der Waals surface area contributed by atoms with Crippen molar-refractivity contribution in [3.05, 3.63) is 95.9 Å². The number of carboxylic acids is 3. The third-order valence-electron chi connectivity index (χ3n) is 10.1. The van der Waals surface area contributed by atoms with Gasteiger partial charge in [-0.2, -0.15) is 4.72 Å². The predicted molar refractivity (Wildman–Crippen MR) is 235 cm³/mol. The normalized spacial score (nSPS) is 13.4. The van der Waals surface area contributed by atoms with Crippen molar-refractivity contribution in [2.45, 2.75) is 80.1 Å². The van der Waals surface area contributed by atoms with Crippen LogP contribution in [0.15, 0.2) is 83.9 Å². The van der Waals surface area contributed by atoms with Gasteiger partial charge in [0.05, 0.1) is 25.0 Å². The zero-order valence-electron chi connectivity index (χ0n) is 36.2. The Hall–Kier alpha value is -7.93.